The number of methoxy groups -OCH3 is 1. The van der Waals surface area contributed by atoms with Crippen LogP contribution < -0.4 is 23.8 Å². The van der Waals surface area contributed by atoms with Gasteiger partial charge in [-0.1, -0.05) is 52.3 Å². The number of hydrogen-bond acceptors (Lipinski definition) is 6. The average Bonchev–Trinajstić information content (AvgIpc) is 2.94. The lowest BCUT2D eigenvalue weighted by atomic mass is 9.86. The predicted molar refractivity (Wildman–Crippen MR) is 156 cm³/mol. The lowest BCUT2D eigenvalue weighted by Crippen LogP contribution is -2.51. The van der Waals surface area contributed by atoms with E-state index in [-0.39, 0.29) is 30.0 Å². The van der Waals surface area contributed by atoms with Crippen LogP contribution in [0.5, 0.6) is 17.2 Å². The van der Waals surface area contributed by atoms with E-state index in [0.717, 1.165) is 24.2 Å². The van der Waals surface area contributed by atoms with Crippen molar-refractivity contribution in [1.29, 1.82) is 0 Å². The molecule has 1 atom stereocenters. The molecule has 1 aliphatic heterocycles. The fraction of sp³-hybridized carbons (Fsp3) is 0.387. The molecule has 0 saturated carbocycles. The van der Waals surface area contributed by atoms with Crippen molar-refractivity contribution in [2.24, 2.45) is 0 Å². The van der Waals surface area contributed by atoms with E-state index in [2.05, 4.69) is 33.0 Å². The molecule has 0 aromatic heterocycles. The summed E-state index contributed by atoms with van der Waals surface area (Å²) in [6, 6.07) is 19.6. The first-order chi connectivity index (χ1) is 19.0. The first-order valence-electron chi connectivity index (χ1n) is 13.5. The van der Waals surface area contributed by atoms with Crippen molar-refractivity contribution in [3.63, 3.8) is 0 Å². The number of carbonyl (C=O) groups excluding carboxylic acids is 1. The standard InChI is InChI=1S/C31H38N2O6S/c1-6-7-22-8-11-25(12-9-22)38-19-18-32-30(34)29-21-33(40(35,36)26-15-13-24(37-5)14-16-26)27-20-23(31(2,3)4)10-17-28(27)39-29/h8-17,20,29H,6-7,18-19,21H2,1-5H3,(H,32,34)/t29-/m0/s1. The second kappa shape index (κ2) is 12.2. The van der Waals surface area contributed by atoms with Crippen LogP contribution in [0.1, 0.15) is 45.2 Å². The van der Waals surface area contributed by atoms with Crippen LogP contribution in [-0.2, 0) is 26.7 Å². The Morgan fingerprint density at radius 2 is 1.70 bits per heavy atom. The molecule has 0 saturated heterocycles. The number of fused-ring (bicyclic) bond motifs is 1. The van der Waals surface area contributed by atoms with Crippen LogP contribution in [0.3, 0.4) is 0 Å². The zero-order valence-corrected chi connectivity index (χ0v) is 24.6. The molecule has 0 radical (unpaired) electrons. The van der Waals surface area contributed by atoms with Crippen molar-refractivity contribution >= 4 is 21.6 Å². The summed E-state index contributed by atoms with van der Waals surface area (Å²) in [7, 11) is -2.48. The summed E-state index contributed by atoms with van der Waals surface area (Å²) in [4.78, 5) is 13.2. The zero-order chi connectivity index (χ0) is 28.9. The summed E-state index contributed by atoms with van der Waals surface area (Å²) in [5.74, 6) is 1.19. The van der Waals surface area contributed by atoms with Crippen molar-refractivity contribution in [2.45, 2.75) is 57.0 Å². The number of ether oxygens (including phenoxy) is 3. The predicted octanol–water partition coefficient (Wildman–Crippen LogP) is 5.10. The third-order valence-electron chi connectivity index (χ3n) is 6.77. The number of anilines is 1. The molecule has 3 aromatic carbocycles. The van der Waals surface area contributed by atoms with Crippen LogP contribution in [0.4, 0.5) is 5.69 Å². The monoisotopic (exact) mass is 566 g/mol. The first kappa shape index (κ1) is 29.3. The van der Waals surface area contributed by atoms with Crippen LogP contribution in [0.15, 0.2) is 71.6 Å². The summed E-state index contributed by atoms with van der Waals surface area (Å²) in [5.41, 5.74) is 2.39. The number of hydrogen-bond donors (Lipinski definition) is 1. The Balaban J connectivity index is 1.51. The Hall–Kier alpha value is -3.72. The molecular weight excluding hydrogens is 528 g/mol. The molecule has 3 aromatic rings. The van der Waals surface area contributed by atoms with Gasteiger partial charge in [0.25, 0.3) is 15.9 Å². The SMILES string of the molecule is CCCc1ccc(OCCNC(=O)[C@@H]2CN(S(=O)(=O)c3ccc(OC)cc3)c3cc(C(C)(C)C)ccc3O2)cc1. The molecule has 0 fully saturated rings. The molecule has 1 aliphatic rings. The lowest BCUT2D eigenvalue weighted by molar-refractivity contribution is -0.127. The van der Waals surface area contributed by atoms with Crippen molar-refractivity contribution in [2.75, 3.05) is 31.1 Å². The quantitative estimate of drug-likeness (QED) is 0.344. The molecule has 0 unspecified atom stereocenters. The number of carbonyl (C=O) groups is 1. The van der Waals surface area contributed by atoms with Gasteiger partial charge in [-0.25, -0.2) is 8.42 Å². The zero-order valence-electron chi connectivity index (χ0n) is 23.8. The molecule has 0 spiro atoms. The highest BCUT2D eigenvalue weighted by atomic mass is 32.2. The highest BCUT2D eigenvalue weighted by Crippen LogP contribution is 2.40. The third kappa shape index (κ3) is 6.70. The molecule has 8 nitrogen and oxygen atoms in total. The number of amides is 1. The fourth-order valence-electron chi connectivity index (χ4n) is 4.45. The normalized spacial score (nSPS) is 15.1. The molecule has 9 heteroatoms. The van der Waals surface area contributed by atoms with Gasteiger partial charge in [0.15, 0.2) is 6.10 Å². The van der Waals surface area contributed by atoms with Crippen molar-refractivity contribution in [1.82, 2.24) is 5.32 Å². The molecule has 0 aliphatic carbocycles. The summed E-state index contributed by atoms with van der Waals surface area (Å²) in [6.07, 6.45) is 1.06. The maximum Gasteiger partial charge on any atom is 0.264 e. The van der Waals surface area contributed by atoms with Crippen LogP contribution >= 0.6 is 0 Å². The van der Waals surface area contributed by atoms with E-state index in [9.17, 15) is 13.2 Å². The minimum absolute atomic E-state index is 0.0971. The van der Waals surface area contributed by atoms with Gasteiger partial charge in [0.2, 0.25) is 0 Å². The van der Waals surface area contributed by atoms with Crippen molar-refractivity contribution < 1.29 is 27.4 Å². The van der Waals surface area contributed by atoms with E-state index in [4.69, 9.17) is 14.2 Å². The van der Waals surface area contributed by atoms with E-state index in [1.807, 2.05) is 36.4 Å². The second-order valence-electron chi connectivity index (χ2n) is 10.8. The Bertz CT molecular complexity index is 1410. The first-order valence-corrected chi connectivity index (χ1v) is 14.9. The van der Waals surface area contributed by atoms with Gasteiger partial charge in [-0.3, -0.25) is 9.10 Å². The number of benzene rings is 3. The molecule has 1 amide bonds. The number of aryl methyl sites for hydroxylation is 1. The fourth-order valence-corrected chi connectivity index (χ4v) is 5.92. The van der Waals surface area contributed by atoms with Gasteiger partial charge in [0, 0.05) is 0 Å². The highest BCUT2D eigenvalue weighted by molar-refractivity contribution is 7.92. The van der Waals surface area contributed by atoms with Gasteiger partial charge >= 0.3 is 0 Å². The van der Waals surface area contributed by atoms with Gasteiger partial charge in [-0.2, -0.15) is 0 Å². The van der Waals surface area contributed by atoms with Gasteiger partial charge in [0.05, 0.1) is 30.8 Å². The minimum atomic E-state index is -4.01. The van der Waals surface area contributed by atoms with Crippen molar-refractivity contribution in [3.8, 4) is 17.2 Å². The highest BCUT2D eigenvalue weighted by Gasteiger charge is 2.38. The maximum absolute atomic E-state index is 13.8. The number of nitrogens with zero attached hydrogens (tertiary/aromatic N) is 1. The second-order valence-corrected chi connectivity index (χ2v) is 12.6. The number of rotatable bonds is 10. The Morgan fingerprint density at radius 3 is 2.33 bits per heavy atom. The van der Waals surface area contributed by atoms with E-state index >= 15 is 0 Å². The van der Waals surface area contributed by atoms with Gasteiger partial charge < -0.3 is 19.5 Å². The van der Waals surface area contributed by atoms with Crippen molar-refractivity contribution in [3.05, 3.63) is 77.9 Å². The Morgan fingerprint density at radius 1 is 1.02 bits per heavy atom. The number of nitrogens with one attached hydrogen (secondary N) is 1. The van der Waals surface area contributed by atoms with Gasteiger partial charge in [-0.15, -0.1) is 0 Å². The molecule has 4 rings (SSSR count). The number of sulfonamides is 1. The minimum Gasteiger partial charge on any atom is -0.497 e. The van der Waals surface area contributed by atoms with Crippen LogP contribution in [0.2, 0.25) is 0 Å². The summed E-state index contributed by atoms with van der Waals surface area (Å²) in [5, 5.41) is 2.82. The molecular formula is C31H38N2O6S. The summed E-state index contributed by atoms with van der Waals surface area (Å²) in [6.45, 7) is 8.65. The van der Waals surface area contributed by atoms with Crippen LogP contribution in [-0.4, -0.2) is 47.2 Å². The summed E-state index contributed by atoms with van der Waals surface area (Å²) < 4.78 is 45.9. The van der Waals surface area contributed by atoms with Gasteiger partial charge in [-0.05, 0) is 71.5 Å². The van der Waals surface area contributed by atoms with E-state index < -0.39 is 22.0 Å². The Kier molecular flexibility index (Phi) is 8.93. The largest absolute Gasteiger partial charge is 0.497 e. The van der Waals surface area contributed by atoms with E-state index in [1.165, 1.54) is 29.1 Å². The molecule has 214 valence electrons. The smallest absolute Gasteiger partial charge is 0.264 e. The topological polar surface area (TPSA) is 94.2 Å². The maximum atomic E-state index is 13.8. The lowest BCUT2D eigenvalue weighted by Gasteiger charge is -2.36. The molecule has 1 N–H and O–H groups in total. The van der Waals surface area contributed by atoms with E-state index in [0.29, 0.717) is 17.2 Å². The molecule has 40 heavy (non-hydrogen) atoms. The molecule has 0 bridgehead atoms. The third-order valence-corrected chi connectivity index (χ3v) is 8.56. The average molecular weight is 567 g/mol. The van der Waals surface area contributed by atoms with Gasteiger partial charge in [0.1, 0.15) is 23.9 Å². The molecule has 1 heterocycles. The Labute approximate surface area is 237 Å². The van der Waals surface area contributed by atoms with Crippen LogP contribution in [0, 0.1) is 0 Å². The van der Waals surface area contributed by atoms with E-state index in [1.54, 1.807) is 18.2 Å². The summed E-state index contributed by atoms with van der Waals surface area (Å²) >= 11 is 0. The van der Waals surface area contributed by atoms with Crippen LogP contribution in [0.25, 0.3) is 0 Å².